The minimum Gasteiger partial charge on any atom is -0.338 e. The summed E-state index contributed by atoms with van der Waals surface area (Å²) < 4.78 is 0. The van der Waals surface area contributed by atoms with Gasteiger partial charge in [-0.1, -0.05) is 30.3 Å². The van der Waals surface area contributed by atoms with E-state index in [-0.39, 0.29) is 5.91 Å². The van der Waals surface area contributed by atoms with Crippen LogP contribution in [0.3, 0.4) is 0 Å². The van der Waals surface area contributed by atoms with E-state index in [0.29, 0.717) is 25.2 Å². The number of carbonyl (C=O) groups is 1. The molecule has 4 heteroatoms. The summed E-state index contributed by atoms with van der Waals surface area (Å²) in [5.74, 6) is 0.225. The summed E-state index contributed by atoms with van der Waals surface area (Å²) >= 11 is 0. The highest BCUT2D eigenvalue weighted by Crippen LogP contribution is 2.08. The molecule has 2 unspecified atom stereocenters. The topological polar surface area (TPSA) is 35.6 Å². The van der Waals surface area contributed by atoms with Crippen LogP contribution in [0.25, 0.3) is 0 Å². The van der Waals surface area contributed by atoms with Gasteiger partial charge < -0.3 is 10.2 Å². The molecule has 1 saturated heterocycles. The molecule has 0 bridgehead atoms. The van der Waals surface area contributed by atoms with Crippen LogP contribution in [0.2, 0.25) is 0 Å². The number of nitrogens with zero attached hydrogens (tertiary/aromatic N) is 2. The number of piperazine rings is 1. The summed E-state index contributed by atoms with van der Waals surface area (Å²) in [5, 5.41) is 3.50. The zero-order valence-corrected chi connectivity index (χ0v) is 13.4. The SMILES string of the molecule is CCN(Cc1ccccc1)C(=O)CN1CC(C)NC(C)C1. The van der Waals surface area contributed by atoms with E-state index in [2.05, 4.69) is 36.2 Å². The molecule has 1 amide bonds. The second-order valence-corrected chi connectivity index (χ2v) is 6.06. The van der Waals surface area contributed by atoms with Gasteiger partial charge in [-0.3, -0.25) is 9.69 Å². The lowest BCUT2D eigenvalue weighted by Crippen LogP contribution is -2.56. The zero-order valence-electron chi connectivity index (χ0n) is 13.4. The molecule has 116 valence electrons. The van der Waals surface area contributed by atoms with Gasteiger partial charge in [-0.25, -0.2) is 0 Å². The van der Waals surface area contributed by atoms with E-state index < -0.39 is 0 Å². The van der Waals surface area contributed by atoms with Crippen LogP contribution in [0.5, 0.6) is 0 Å². The standard InChI is InChI=1S/C17H27N3O/c1-4-20(12-16-8-6-5-7-9-16)17(21)13-19-10-14(2)18-15(3)11-19/h5-9,14-15,18H,4,10-13H2,1-3H3. The fraction of sp³-hybridized carbons (Fsp3) is 0.588. The lowest BCUT2D eigenvalue weighted by atomic mass is 10.1. The highest BCUT2D eigenvalue weighted by molar-refractivity contribution is 5.78. The highest BCUT2D eigenvalue weighted by Gasteiger charge is 2.24. The van der Waals surface area contributed by atoms with Crippen LogP contribution >= 0.6 is 0 Å². The van der Waals surface area contributed by atoms with Crippen LogP contribution < -0.4 is 5.32 Å². The van der Waals surface area contributed by atoms with Crippen molar-refractivity contribution in [2.24, 2.45) is 0 Å². The summed E-state index contributed by atoms with van der Waals surface area (Å²) in [7, 11) is 0. The maximum absolute atomic E-state index is 12.5. The zero-order chi connectivity index (χ0) is 15.2. The van der Waals surface area contributed by atoms with Crippen LogP contribution in [0, 0.1) is 0 Å². The van der Waals surface area contributed by atoms with Crippen LogP contribution in [0.15, 0.2) is 30.3 Å². The van der Waals surface area contributed by atoms with Crippen molar-refractivity contribution in [3.8, 4) is 0 Å². The van der Waals surface area contributed by atoms with Crippen LogP contribution in [0.1, 0.15) is 26.3 Å². The number of carbonyl (C=O) groups excluding carboxylic acids is 1. The van der Waals surface area contributed by atoms with Gasteiger partial charge in [0, 0.05) is 38.3 Å². The summed E-state index contributed by atoms with van der Waals surface area (Å²) in [6.45, 7) is 10.3. The summed E-state index contributed by atoms with van der Waals surface area (Å²) in [6, 6.07) is 11.1. The maximum Gasteiger partial charge on any atom is 0.237 e. The predicted molar refractivity (Wildman–Crippen MR) is 86.0 cm³/mol. The third kappa shape index (κ3) is 4.83. The van der Waals surface area contributed by atoms with Gasteiger partial charge in [0.05, 0.1) is 6.54 Å². The van der Waals surface area contributed by atoms with Crippen LogP contribution in [-0.2, 0) is 11.3 Å². The number of amides is 1. The second-order valence-electron chi connectivity index (χ2n) is 6.06. The predicted octanol–water partition coefficient (Wildman–Crippen LogP) is 1.72. The maximum atomic E-state index is 12.5. The first-order chi connectivity index (χ1) is 10.1. The minimum absolute atomic E-state index is 0.225. The summed E-state index contributed by atoms with van der Waals surface area (Å²) in [5.41, 5.74) is 1.19. The average molecular weight is 289 g/mol. The minimum atomic E-state index is 0.225. The third-order valence-electron chi connectivity index (χ3n) is 3.94. The molecule has 1 N–H and O–H groups in total. The highest BCUT2D eigenvalue weighted by atomic mass is 16.2. The normalized spacial score (nSPS) is 23.0. The number of hydrogen-bond donors (Lipinski definition) is 1. The first-order valence-electron chi connectivity index (χ1n) is 7.88. The van der Waals surface area contributed by atoms with E-state index in [4.69, 9.17) is 0 Å². The lowest BCUT2D eigenvalue weighted by molar-refractivity contribution is -0.133. The number of nitrogens with one attached hydrogen (secondary N) is 1. The summed E-state index contributed by atoms with van der Waals surface area (Å²) in [6.07, 6.45) is 0. The van der Waals surface area contributed by atoms with Gasteiger partial charge in [-0.05, 0) is 26.3 Å². The first-order valence-corrected chi connectivity index (χ1v) is 7.88. The Morgan fingerprint density at radius 1 is 1.24 bits per heavy atom. The Hall–Kier alpha value is -1.39. The number of rotatable bonds is 5. The first kappa shape index (κ1) is 16.0. The molecule has 0 aliphatic carbocycles. The third-order valence-corrected chi connectivity index (χ3v) is 3.94. The van der Waals surface area contributed by atoms with E-state index in [1.54, 1.807) is 0 Å². The molecule has 0 radical (unpaired) electrons. The number of likely N-dealkylation sites (N-methyl/N-ethyl adjacent to an activating group) is 1. The van der Waals surface area contributed by atoms with Crippen molar-refractivity contribution in [3.05, 3.63) is 35.9 Å². The molecular weight excluding hydrogens is 262 g/mol. The van der Waals surface area contributed by atoms with Crippen molar-refractivity contribution in [2.75, 3.05) is 26.2 Å². The van der Waals surface area contributed by atoms with Crippen LogP contribution in [0.4, 0.5) is 0 Å². The molecular formula is C17H27N3O. The molecule has 0 saturated carbocycles. The van der Waals surface area contributed by atoms with Gasteiger partial charge in [-0.15, -0.1) is 0 Å². The summed E-state index contributed by atoms with van der Waals surface area (Å²) in [4.78, 5) is 16.7. The molecule has 1 aromatic rings. The Morgan fingerprint density at radius 3 is 2.43 bits per heavy atom. The molecule has 4 nitrogen and oxygen atoms in total. The van der Waals surface area contributed by atoms with Gasteiger partial charge in [0.15, 0.2) is 0 Å². The molecule has 1 fully saturated rings. The largest absolute Gasteiger partial charge is 0.338 e. The Bertz CT molecular complexity index is 439. The second kappa shape index (κ2) is 7.57. The molecule has 0 aromatic heterocycles. The van der Waals surface area contributed by atoms with Crippen molar-refractivity contribution >= 4 is 5.91 Å². The Balaban J connectivity index is 1.91. The van der Waals surface area contributed by atoms with E-state index >= 15 is 0 Å². The van der Waals surface area contributed by atoms with Gasteiger partial charge in [0.1, 0.15) is 0 Å². The molecule has 21 heavy (non-hydrogen) atoms. The molecule has 1 aliphatic heterocycles. The molecule has 2 rings (SSSR count). The van der Waals surface area contributed by atoms with Crippen molar-refractivity contribution in [1.29, 1.82) is 0 Å². The van der Waals surface area contributed by atoms with Gasteiger partial charge in [0.2, 0.25) is 5.91 Å². The number of benzene rings is 1. The van der Waals surface area contributed by atoms with Crippen molar-refractivity contribution in [2.45, 2.75) is 39.4 Å². The molecule has 1 aromatic carbocycles. The molecule has 0 spiro atoms. The Morgan fingerprint density at radius 2 is 1.86 bits per heavy atom. The van der Waals surface area contributed by atoms with E-state index in [1.807, 2.05) is 30.0 Å². The molecule has 2 atom stereocenters. The Labute approximate surface area is 128 Å². The van der Waals surface area contributed by atoms with Crippen molar-refractivity contribution in [3.63, 3.8) is 0 Å². The Kier molecular flexibility index (Phi) is 5.76. The van der Waals surface area contributed by atoms with Gasteiger partial charge >= 0.3 is 0 Å². The van der Waals surface area contributed by atoms with Gasteiger partial charge in [-0.2, -0.15) is 0 Å². The van der Waals surface area contributed by atoms with E-state index in [9.17, 15) is 4.79 Å². The number of hydrogen-bond acceptors (Lipinski definition) is 3. The van der Waals surface area contributed by atoms with Crippen LogP contribution in [-0.4, -0.2) is 54.0 Å². The molecule has 1 heterocycles. The monoisotopic (exact) mass is 289 g/mol. The smallest absolute Gasteiger partial charge is 0.237 e. The lowest BCUT2D eigenvalue weighted by Gasteiger charge is -2.36. The average Bonchev–Trinajstić information content (AvgIpc) is 2.44. The molecule has 1 aliphatic rings. The van der Waals surface area contributed by atoms with Crippen molar-refractivity contribution < 1.29 is 4.79 Å². The van der Waals surface area contributed by atoms with Crippen molar-refractivity contribution in [1.82, 2.24) is 15.1 Å². The van der Waals surface area contributed by atoms with E-state index in [1.165, 1.54) is 5.56 Å². The fourth-order valence-corrected chi connectivity index (χ4v) is 3.04. The van der Waals surface area contributed by atoms with E-state index in [0.717, 1.165) is 19.6 Å². The quantitative estimate of drug-likeness (QED) is 0.896. The van der Waals surface area contributed by atoms with Gasteiger partial charge in [0.25, 0.3) is 0 Å². The fourth-order valence-electron chi connectivity index (χ4n) is 3.04.